The minimum atomic E-state index is -0.567. The molecule has 0 aliphatic carbocycles. The average Bonchev–Trinajstić information content (AvgIpc) is 3.17. The monoisotopic (exact) mass is 444 g/mol. The van der Waals surface area contributed by atoms with Crippen LogP contribution in [0.15, 0.2) is 94.9 Å². The normalized spacial score (nSPS) is 11.8. The van der Waals surface area contributed by atoms with E-state index in [0.717, 1.165) is 22.4 Å². The van der Waals surface area contributed by atoms with Crippen LogP contribution in [-0.4, -0.2) is 20.7 Å². The highest BCUT2D eigenvalue weighted by Gasteiger charge is 2.25. The summed E-state index contributed by atoms with van der Waals surface area (Å²) in [4.78, 5) is 25.6. The van der Waals surface area contributed by atoms with Crippen LogP contribution < -0.4 is 11.0 Å². The number of hydrogen-bond donors (Lipinski definition) is 2. The van der Waals surface area contributed by atoms with Crippen molar-refractivity contribution in [3.63, 3.8) is 0 Å². The molecule has 6 nitrogen and oxygen atoms in total. The third-order valence-corrected chi connectivity index (χ3v) is 6.32. The van der Waals surface area contributed by atoms with Gasteiger partial charge in [-0.2, -0.15) is 0 Å². The Hall–Kier alpha value is -3.58. The summed E-state index contributed by atoms with van der Waals surface area (Å²) in [5.41, 5.74) is 3.54. The van der Waals surface area contributed by atoms with E-state index in [1.807, 2.05) is 91.9 Å². The summed E-state index contributed by atoms with van der Waals surface area (Å²) in [6.07, 6.45) is 0.694. The van der Waals surface area contributed by atoms with Crippen LogP contribution in [0.1, 0.15) is 21.9 Å². The minimum absolute atomic E-state index is 0.171. The van der Waals surface area contributed by atoms with E-state index >= 15 is 0 Å². The maximum atomic E-state index is 13.2. The maximum Gasteiger partial charge on any atom is 0.343 e. The van der Waals surface area contributed by atoms with Crippen LogP contribution in [0, 0.1) is 6.92 Å². The molecule has 1 heterocycles. The summed E-state index contributed by atoms with van der Waals surface area (Å²) in [5, 5.41) is 9.64. The van der Waals surface area contributed by atoms with E-state index in [1.165, 1.54) is 11.8 Å². The number of H-pyrrole nitrogens is 1. The number of carbonyl (C=O) groups is 1. The number of nitrogens with one attached hydrogen (secondary N) is 2. The molecular weight excluding hydrogens is 420 g/mol. The van der Waals surface area contributed by atoms with E-state index in [4.69, 9.17) is 0 Å². The van der Waals surface area contributed by atoms with Gasteiger partial charge in [-0.1, -0.05) is 90.1 Å². The molecule has 4 aromatic rings. The Morgan fingerprint density at radius 1 is 1.00 bits per heavy atom. The predicted octanol–water partition coefficient (Wildman–Crippen LogP) is 4.59. The van der Waals surface area contributed by atoms with Gasteiger partial charge in [0.05, 0.1) is 0 Å². The summed E-state index contributed by atoms with van der Waals surface area (Å²) in [7, 11) is 0. The zero-order valence-electron chi connectivity index (χ0n) is 17.7. The third kappa shape index (κ3) is 5.36. The fourth-order valence-electron chi connectivity index (χ4n) is 3.33. The van der Waals surface area contributed by atoms with Crippen molar-refractivity contribution in [2.24, 2.45) is 0 Å². The van der Waals surface area contributed by atoms with Crippen LogP contribution in [0.4, 0.5) is 5.69 Å². The molecule has 1 amide bonds. The first-order valence-corrected chi connectivity index (χ1v) is 11.3. The number of nitrogens with zero attached hydrogens (tertiary/aromatic N) is 2. The van der Waals surface area contributed by atoms with E-state index in [1.54, 1.807) is 4.57 Å². The molecule has 32 heavy (non-hydrogen) atoms. The van der Waals surface area contributed by atoms with Gasteiger partial charge in [0.25, 0.3) is 0 Å². The molecule has 162 valence electrons. The van der Waals surface area contributed by atoms with Crippen molar-refractivity contribution in [2.45, 2.75) is 30.3 Å². The van der Waals surface area contributed by atoms with Crippen molar-refractivity contribution in [3.8, 4) is 0 Å². The number of benzene rings is 3. The molecule has 1 aromatic heterocycles. The van der Waals surface area contributed by atoms with Crippen molar-refractivity contribution in [3.05, 3.63) is 112 Å². The molecule has 7 heteroatoms. The number of aromatic nitrogens is 3. The van der Waals surface area contributed by atoms with Gasteiger partial charge in [-0.25, -0.2) is 9.89 Å². The first-order chi connectivity index (χ1) is 15.6. The number of carbonyl (C=O) groups excluding carboxylic acids is 1. The van der Waals surface area contributed by atoms with Crippen LogP contribution in [0.2, 0.25) is 0 Å². The molecule has 0 bridgehead atoms. The van der Waals surface area contributed by atoms with Crippen LogP contribution in [0.25, 0.3) is 0 Å². The number of anilines is 1. The molecule has 0 aliphatic rings. The summed E-state index contributed by atoms with van der Waals surface area (Å²) in [6.45, 7) is 2.48. The fraction of sp³-hybridized carbons (Fsp3) is 0.160. The minimum Gasteiger partial charge on any atom is -0.325 e. The summed E-state index contributed by atoms with van der Waals surface area (Å²) in [6, 6.07) is 27.2. The second kappa shape index (κ2) is 10.2. The molecule has 1 unspecified atom stereocenters. The van der Waals surface area contributed by atoms with E-state index in [9.17, 15) is 9.59 Å². The van der Waals surface area contributed by atoms with Gasteiger partial charge in [-0.15, -0.1) is 5.10 Å². The van der Waals surface area contributed by atoms with Gasteiger partial charge in [-0.3, -0.25) is 9.36 Å². The van der Waals surface area contributed by atoms with E-state index in [-0.39, 0.29) is 11.6 Å². The van der Waals surface area contributed by atoms with Crippen molar-refractivity contribution in [2.75, 3.05) is 5.32 Å². The van der Waals surface area contributed by atoms with Gasteiger partial charge < -0.3 is 5.32 Å². The van der Waals surface area contributed by atoms with Gasteiger partial charge in [0.15, 0.2) is 5.16 Å². The van der Waals surface area contributed by atoms with Crippen molar-refractivity contribution in [1.82, 2.24) is 14.8 Å². The molecule has 0 saturated carbocycles. The van der Waals surface area contributed by atoms with Crippen LogP contribution >= 0.6 is 11.8 Å². The lowest BCUT2D eigenvalue weighted by atomic mass is 10.1. The number of aryl methyl sites for hydroxylation is 2. The van der Waals surface area contributed by atoms with E-state index in [2.05, 4.69) is 15.5 Å². The number of rotatable bonds is 8. The molecule has 0 saturated heterocycles. The Morgan fingerprint density at radius 3 is 2.34 bits per heavy atom. The average molecular weight is 445 g/mol. The third-order valence-electron chi connectivity index (χ3n) is 5.07. The van der Waals surface area contributed by atoms with Crippen molar-refractivity contribution < 1.29 is 4.79 Å². The van der Waals surface area contributed by atoms with E-state index < -0.39 is 5.25 Å². The zero-order chi connectivity index (χ0) is 22.3. The molecule has 3 aromatic carbocycles. The second-order valence-corrected chi connectivity index (χ2v) is 8.53. The molecule has 2 N–H and O–H groups in total. The highest BCUT2D eigenvalue weighted by molar-refractivity contribution is 8.00. The summed E-state index contributed by atoms with van der Waals surface area (Å²) < 4.78 is 1.59. The topological polar surface area (TPSA) is 79.8 Å². The zero-order valence-corrected chi connectivity index (χ0v) is 18.5. The number of aromatic amines is 1. The largest absolute Gasteiger partial charge is 0.343 e. The highest BCUT2D eigenvalue weighted by atomic mass is 32.2. The van der Waals surface area contributed by atoms with Crippen LogP contribution in [-0.2, 0) is 17.8 Å². The van der Waals surface area contributed by atoms with E-state index in [0.29, 0.717) is 18.1 Å². The second-order valence-electron chi connectivity index (χ2n) is 7.46. The molecule has 0 radical (unpaired) electrons. The molecule has 0 aliphatic heterocycles. The molecular formula is C25H24N4O2S. The molecule has 0 spiro atoms. The SMILES string of the molecule is Cc1ccc(NC(=O)C(Sc2n[nH]c(=O)n2CCc2ccccc2)c2ccccc2)cc1. The maximum absolute atomic E-state index is 13.2. The first kappa shape index (κ1) is 21.6. The van der Waals surface area contributed by atoms with Gasteiger partial charge in [0.2, 0.25) is 5.91 Å². The van der Waals surface area contributed by atoms with Gasteiger partial charge in [0.1, 0.15) is 5.25 Å². The van der Waals surface area contributed by atoms with Crippen molar-refractivity contribution in [1.29, 1.82) is 0 Å². The smallest absolute Gasteiger partial charge is 0.325 e. The number of amides is 1. The van der Waals surface area contributed by atoms with Gasteiger partial charge in [0, 0.05) is 12.2 Å². The van der Waals surface area contributed by atoms with Gasteiger partial charge >= 0.3 is 5.69 Å². The predicted molar refractivity (Wildman–Crippen MR) is 128 cm³/mol. The summed E-state index contributed by atoms with van der Waals surface area (Å²) in [5.74, 6) is -0.171. The molecule has 1 atom stereocenters. The van der Waals surface area contributed by atoms with Gasteiger partial charge in [-0.05, 0) is 36.6 Å². The summed E-state index contributed by atoms with van der Waals surface area (Å²) >= 11 is 1.26. The first-order valence-electron chi connectivity index (χ1n) is 10.4. The highest BCUT2D eigenvalue weighted by Crippen LogP contribution is 2.35. The Bertz CT molecular complexity index is 1220. The lowest BCUT2D eigenvalue weighted by Crippen LogP contribution is -2.22. The fourth-order valence-corrected chi connectivity index (χ4v) is 4.40. The standard InChI is InChI=1S/C25H24N4O2S/c1-18-12-14-21(15-13-18)26-23(30)22(20-10-6-3-7-11-20)32-25-28-27-24(31)29(25)17-16-19-8-4-2-5-9-19/h2-15,22H,16-17H2,1H3,(H,26,30)(H,27,31). The Balaban J connectivity index is 1.57. The number of hydrogen-bond acceptors (Lipinski definition) is 4. The Morgan fingerprint density at radius 2 is 1.66 bits per heavy atom. The Kier molecular flexibility index (Phi) is 6.87. The van der Waals surface area contributed by atoms with Crippen LogP contribution in [0.5, 0.6) is 0 Å². The lowest BCUT2D eigenvalue weighted by molar-refractivity contribution is -0.115. The van der Waals surface area contributed by atoms with Crippen LogP contribution in [0.3, 0.4) is 0 Å². The number of thioether (sulfide) groups is 1. The van der Waals surface area contributed by atoms with Crippen molar-refractivity contribution >= 4 is 23.4 Å². The molecule has 0 fully saturated rings. The molecule has 4 rings (SSSR count). The quantitative estimate of drug-likeness (QED) is 0.390. The Labute approximate surface area is 190 Å². The lowest BCUT2D eigenvalue weighted by Gasteiger charge is -2.17.